The van der Waals surface area contributed by atoms with Gasteiger partial charge in [0.1, 0.15) is 11.9 Å². The van der Waals surface area contributed by atoms with E-state index >= 15 is 0 Å². The lowest BCUT2D eigenvalue weighted by atomic mass is 9.93. The van der Waals surface area contributed by atoms with Crippen LogP contribution in [0.4, 0.5) is 10.1 Å². The maximum Gasteiger partial charge on any atom is 0.254 e. The quantitative estimate of drug-likeness (QED) is 0.880. The molecule has 1 aliphatic heterocycles. The second-order valence-corrected chi connectivity index (χ2v) is 6.20. The number of fused-ring (bicyclic) bond motifs is 1. The van der Waals surface area contributed by atoms with Gasteiger partial charge in [-0.1, -0.05) is 24.3 Å². The van der Waals surface area contributed by atoms with E-state index in [0.29, 0.717) is 6.42 Å². The molecule has 0 aliphatic carbocycles. The summed E-state index contributed by atoms with van der Waals surface area (Å²) >= 11 is 0. The molecule has 134 valence electrons. The highest BCUT2D eigenvalue weighted by molar-refractivity contribution is 5.99. The molecule has 3 N–H and O–H groups in total. The Bertz CT molecular complexity index is 897. The Morgan fingerprint density at radius 2 is 1.85 bits per heavy atom. The van der Waals surface area contributed by atoms with Crippen molar-refractivity contribution in [3.05, 3.63) is 65.0 Å². The van der Waals surface area contributed by atoms with Crippen molar-refractivity contribution in [2.45, 2.75) is 25.9 Å². The number of benzene rings is 2. The van der Waals surface area contributed by atoms with E-state index < -0.39 is 29.6 Å². The van der Waals surface area contributed by atoms with Gasteiger partial charge < -0.3 is 16.0 Å². The highest BCUT2D eigenvalue weighted by Crippen LogP contribution is 2.26. The van der Waals surface area contributed by atoms with Crippen LogP contribution in [0.3, 0.4) is 0 Å². The van der Waals surface area contributed by atoms with E-state index in [0.717, 1.165) is 17.2 Å². The zero-order valence-electron chi connectivity index (χ0n) is 14.2. The topological polar surface area (TPSA) is 92.5 Å². The van der Waals surface area contributed by atoms with E-state index in [1.807, 2.05) is 24.3 Å². The zero-order chi connectivity index (χ0) is 18.8. The fourth-order valence-electron chi connectivity index (χ4n) is 3.10. The van der Waals surface area contributed by atoms with Crippen molar-refractivity contribution in [1.29, 1.82) is 0 Å². The molecule has 7 heteroatoms. The number of halogens is 1. The third kappa shape index (κ3) is 3.42. The summed E-state index contributed by atoms with van der Waals surface area (Å²) in [4.78, 5) is 37.4. The summed E-state index contributed by atoms with van der Waals surface area (Å²) in [6.45, 7) is 1.48. The number of amides is 3. The van der Waals surface area contributed by atoms with Crippen LogP contribution in [0.2, 0.25) is 0 Å². The van der Waals surface area contributed by atoms with Crippen LogP contribution in [0.5, 0.6) is 0 Å². The Hall–Kier alpha value is -3.22. The lowest BCUT2D eigenvalue weighted by Gasteiger charge is -2.35. The predicted octanol–water partition coefficient (Wildman–Crippen LogP) is 1.84. The second kappa shape index (κ2) is 6.95. The zero-order valence-corrected chi connectivity index (χ0v) is 14.2. The summed E-state index contributed by atoms with van der Waals surface area (Å²) in [5, 5.41) is 2.34. The highest BCUT2D eigenvalue weighted by atomic mass is 19.1. The first-order chi connectivity index (χ1) is 12.4. The molecule has 2 aromatic carbocycles. The molecule has 1 atom stereocenters. The molecular weight excluding hydrogens is 337 g/mol. The average molecular weight is 355 g/mol. The molecule has 0 radical (unpaired) electrons. The Balaban J connectivity index is 1.95. The normalized spacial score (nSPS) is 15.9. The van der Waals surface area contributed by atoms with Crippen LogP contribution >= 0.6 is 0 Å². The molecular formula is C19H18FN3O3. The number of anilines is 1. The third-order valence-corrected chi connectivity index (χ3v) is 4.36. The minimum absolute atomic E-state index is 0.0867. The number of nitrogens with zero attached hydrogens (tertiary/aromatic N) is 1. The maximum absolute atomic E-state index is 13.8. The molecule has 0 spiro atoms. The number of nitrogens with two attached hydrogens (primary N) is 1. The van der Waals surface area contributed by atoms with Crippen LogP contribution in [0.25, 0.3) is 0 Å². The number of primary amides is 1. The molecule has 0 saturated carbocycles. The van der Waals surface area contributed by atoms with E-state index in [1.54, 1.807) is 0 Å². The lowest BCUT2D eigenvalue weighted by Crippen LogP contribution is -2.51. The summed E-state index contributed by atoms with van der Waals surface area (Å²) in [6.07, 6.45) is 0.330. The van der Waals surface area contributed by atoms with Crippen LogP contribution in [0.1, 0.15) is 28.4 Å². The SMILES string of the molecule is CC(=O)Nc1cc(C(=O)N2Cc3ccccc3C[C@H]2C(N)=O)ccc1F. The number of nitrogens with one attached hydrogen (secondary N) is 1. The van der Waals surface area contributed by atoms with Gasteiger partial charge in [-0.2, -0.15) is 0 Å². The van der Waals surface area contributed by atoms with Gasteiger partial charge in [0.15, 0.2) is 0 Å². The van der Waals surface area contributed by atoms with Crippen molar-refractivity contribution in [1.82, 2.24) is 4.90 Å². The summed E-state index contributed by atoms with van der Waals surface area (Å²) in [5.74, 6) is -2.14. The molecule has 0 unspecified atom stereocenters. The van der Waals surface area contributed by atoms with Crippen LogP contribution in [-0.4, -0.2) is 28.7 Å². The van der Waals surface area contributed by atoms with E-state index in [9.17, 15) is 18.8 Å². The summed E-state index contributed by atoms with van der Waals surface area (Å²) in [7, 11) is 0. The van der Waals surface area contributed by atoms with Gasteiger partial charge in [-0.25, -0.2) is 4.39 Å². The van der Waals surface area contributed by atoms with Crippen molar-refractivity contribution in [2.24, 2.45) is 5.73 Å². The van der Waals surface area contributed by atoms with E-state index in [-0.39, 0.29) is 17.8 Å². The van der Waals surface area contributed by atoms with Gasteiger partial charge in [-0.3, -0.25) is 14.4 Å². The highest BCUT2D eigenvalue weighted by Gasteiger charge is 2.34. The van der Waals surface area contributed by atoms with Crippen molar-refractivity contribution in [3.8, 4) is 0 Å². The number of carbonyl (C=O) groups excluding carboxylic acids is 3. The largest absolute Gasteiger partial charge is 0.368 e. The Labute approximate surface area is 149 Å². The first kappa shape index (κ1) is 17.6. The minimum Gasteiger partial charge on any atom is -0.368 e. The molecule has 3 rings (SSSR count). The Kier molecular flexibility index (Phi) is 4.71. The first-order valence-corrected chi connectivity index (χ1v) is 8.11. The first-order valence-electron chi connectivity index (χ1n) is 8.11. The average Bonchev–Trinajstić information content (AvgIpc) is 2.61. The number of hydrogen-bond donors (Lipinski definition) is 2. The van der Waals surface area contributed by atoms with Crippen molar-refractivity contribution < 1.29 is 18.8 Å². The number of hydrogen-bond acceptors (Lipinski definition) is 3. The van der Waals surface area contributed by atoms with E-state index in [1.165, 1.54) is 24.0 Å². The van der Waals surface area contributed by atoms with Crippen molar-refractivity contribution in [3.63, 3.8) is 0 Å². The van der Waals surface area contributed by atoms with Gasteiger partial charge >= 0.3 is 0 Å². The molecule has 3 amide bonds. The second-order valence-electron chi connectivity index (χ2n) is 6.20. The van der Waals surface area contributed by atoms with Gasteiger partial charge in [0, 0.05) is 25.5 Å². The Morgan fingerprint density at radius 3 is 2.50 bits per heavy atom. The van der Waals surface area contributed by atoms with E-state index in [4.69, 9.17) is 5.73 Å². The van der Waals surface area contributed by atoms with Gasteiger partial charge in [0.05, 0.1) is 5.69 Å². The molecule has 26 heavy (non-hydrogen) atoms. The van der Waals surface area contributed by atoms with Crippen molar-refractivity contribution in [2.75, 3.05) is 5.32 Å². The molecule has 2 aromatic rings. The van der Waals surface area contributed by atoms with Crippen LogP contribution < -0.4 is 11.1 Å². The fourth-order valence-corrected chi connectivity index (χ4v) is 3.10. The predicted molar refractivity (Wildman–Crippen MR) is 93.7 cm³/mol. The summed E-state index contributed by atoms with van der Waals surface area (Å²) in [5.41, 5.74) is 7.49. The molecule has 0 aromatic heterocycles. The van der Waals surface area contributed by atoms with Gasteiger partial charge in [0.2, 0.25) is 11.8 Å². The van der Waals surface area contributed by atoms with Crippen molar-refractivity contribution >= 4 is 23.4 Å². The molecule has 0 saturated heterocycles. The minimum atomic E-state index is -0.785. The number of rotatable bonds is 3. The van der Waals surface area contributed by atoms with Gasteiger partial charge in [0.25, 0.3) is 5.91 Å². The van der Waals surface area contributed by atoms with Gasteiger partial charge in [-0.15, -0.1) is 0 Å². The summed E-state index contributed by atoms with van der Waals surface area (Å²) < 4.78 is 13.8. The maximum atomic E-state index is 13.8. The molecule has 6 nitrogen and oxygen atoms in total. The molecule has 0 bridgehead atoms. The third-order valence-electron chi connectivity index (χ3n) is 4.36. The van der Waals surface area contributed by atoms with Crippen LogP contribution in [0.15, 0.2) is 42.5 Å². The van der Waals surface area contributed by atoms with Crippen LogP contribution in [-0.2, 0) is 22.6 Å². The van der Waals surface area contributed by atoms with E-state index in [2.05, 4.69) is 5.32 Å². The lowest BCUT2D eigenvalue weighted by molar-refractivity contribution is -0.123. The summed E-state index contributed by atoms with van der Waals surface area (Å²) in [6, 6.07) is 10.4. The standard InChI is InChI=1S/C19H18FN3O3/c1-11(24)22-16-8-13(6-7-15(16)20)19(26)23-10-14-5-3-2-4-12(14)9-17(23)18(21)25/h2-8,17H,9-10H2,1H3,(H2,21,25)(H,22,24)/t17-/m0/s1. The number of carbonyl (C=O) groups is 3. The monoisotopic (exact) mass is 355 g/mol. The smallest absolute Gasteiger partial charge is 0.254 e. The molecule has 1 aliphatic rings. The molecule has 0 fully saturated rings. The molecule has 1 heterocycles. The fraction of sp³-hybridized carbons (Fsp3) is 0.211. The Morgan fingerprint density at radius 1 is 1.15 bits per heavy atom. The van der Waals surface area contributed by atoms with Gasteiger partial charge in [-0.05, 0) is 29.3 Å². The van der Waals surface area contributed by atoms with Crippen LogP contribution in [0, 0.1) is 5.82 Å².